The highest BCUT2D eigenvalue weighted by Crippen LogP contribution is 2.44. The van der Waals surface area contributed by atoms with Crippen molar-refractivity contribution in [3.8, 4) is 10.4 Å². The summed E-state index contributed by atoms with van der Waals surface area (Å²) in [5.74, 6) is -0.0351. The second-order valence-corrected chi connectivity index (χ2v) is 16.1. The Morgan fingerprint density at radius 1 is 0.768 bits per heavy atom. The third-order valence-electron chi connectivity index (χ3n) is 11.6. The summed E-state index contributed by atoms with van der Waals surface area (Å²) in [5, 5.41) is 7.96. The van der Waals surface area contributed by atoms with Crippen LogP contribution in [0.4, 0.5) is 11.4 Å². The van der Waals surface area contributed by atoms with Crippen LogP contribution in [0.15, 0.2) is 134 Å². The van der Waals surface area contributed by atoms with Gasteiger partial charge in [-0.1, -0.05) is 110 Å². The summed E-state index contributed by atoms with van der Waals surface area (Å²) in [4.78, 5) is 44.3. The van der Waals surface area contributed by atoms with Crippen LogP contribution < -0.4 is 10.2 Å². The number of hydrogen-bond donors (Lipinski definition) is 1. The first-order chi connectivity index (χ1) is 27.4. The summed E-state index contributed by atoms with van der Waals surface area (Å²) in [7, 11) is 1.38. The van der Waals surface area contributed by atoms with Gasteiger partial charge in [0.05, 0.1) is 12.8 Å². The van der Waals surface area contributed by atoms with E-state index in [0.29, 0.717) is 22.2 Å². The van der Waals surface area contributed by atoms with Crippen LogP contribution in [0, 0.1) is 11.8 Å². The van der Waals surface area contributed by atoms with Gasteiger partial charge >= 0.3 is 5.97 Å². The molecule has 2 amide bonds. The largest absolute Gasteiger partial charge is 0.465 e. The number of anilines is 2. The van der Waals surface area contributed by atoms with Crippen LogP contribution >= 0.6 is 11.3 Å². The van der Waals surface area contributed by atoms with E-state index in [2.05, 4.69) is 48.6 Å². The maximum Gasteiger partial charge on any atom is 0.350 e. The van der Waals surface area contributed by atoms with E-state index in [1.54, 1.807) is 6.07 Å². The van der Waals surface area contributed by atoms with Crippen molar-refractivity contribution in [3.05, 3.63) is 161 Å². The molecule has 2 aromatic heterocycles. The number of carbonyl (C=O) groups excluding carboxylic acids is 3. The molecule has 2 aliphatic carbocycles. The van der Waals surface area contributed by atoms with Crippen molar-refractivity contribution in [1.82, 2.24) is 9.78 Å². The smallest absolute Gasteiger partial charge is 0.350 e. The van der Waals surface area contributed by atoms with E-state index in [0.717, 1.165) is 72.1 Å². The Morgan fingerprint density at radius 2 is 1.34 bits per heavy atom. The van der Waals surface area contributed by atoms with Gasteiger partial charge in [-0.2, -0.15) is 5.10 Å². The van der Waals surface area contributed by atoms with Gasteiger partial charge in [-0.3, -0.25) is 14.3 Å². The summed E-state index contributed by atoms with van der Waals surface area (Å²) in [6.07, 6.45) is 8.66. The molecule has 2 saturated carbocycles. The van der Waals surface area contributed by atoms with Gasteiger partial charge in [0.15, 0.2) is 5.69 Å². The molecule has 9 heteroatoms. The third-order valence-corrected chi connectivity index (χ3v) is 12.7. The number of aromatic nitrogens is 2. The van der Waals surface area contributed by atoms with Crippen LogP contribution in [0.3, 0.4) is 0 Å². The zero-order chi connectivity index (χ0) is 38.6. The number of nitrogens with zero attached hydrogens (tertiary/aromatic N) is 3. The van der Waals surface area contributed by atoms with Crippen molar-refractivity contribution >= 4 is 40.5 Å². The summed E-state index contributed by atoms with van der Waals surface area (Å²) in [5.41, 5.74) is 4.61. The molecule has 4 aromatic carbocycles. The molecule has 0 spiro atoms. The Morgan fingerprint density at radius 3 is 1.86 bits per heavy atom. The summed E-state index contributed by atoms with van der Waals surface area (Å²) in [6, 6.07) is 42.0. The fraction of sp³-hybridized carbons (Fsp3) is 0.277. The van der Waals surface area contributed by atoms with E-state index in [1.165, 1.54) is 18.4 Å². The SMILES string of the molecule is COC(=O)c1sc(-c2ccc(NC(=O)c3ccn(C(c4ccccc4)(c4ccccc4)c4ccccc4)n3)cc2)cc1N(C(=O)[C@H]1CC[C@H](C)CC1)C1CCC1. The minimum Gasteiger partial charge on any atom is -0.465 e. The van der Waals surface area contributed by atoms with Gasteiger partial charge in [-0.15, -0.1) is 11.3 Å². The predicted octanol–water partition coefficient (Wildman–Crippen LogP) is 10.2. The van der Waals surface area contributed by atoms with Crippen LogP contribution in [-0.2, 0) is 15.1 Å². The highest BCUT2D eigenvalue weighted by Gasteiger charge is 2.40. The topological polar surface area (TPSA) is 93.5 Å². The first-order valence-electron chi connectivity index (χ1n) is 19.6. The minimum absolute atomic E-state index is 0.0265. The Balaban J connectivity index is 1.07. The van der Waals surface area contributed by atoms with E-state index >= 15 is 0 Å². The second-order valence-electron chi connectivity index (χ2n) is 15.1. The lowest BCUT2D eigenvalue weighted by Gasteiger charge is -2.40. The number of amides is 2. The maximum atomic E-state index is 14.1. The lowest BCUT2D eigenvalue weighted by atomic mass is 9.77. The Bertz CT molecular complexity index is 2190. The maximum absolute atomic E-state index is 14.1. The molecule has 0 aliphatic heterocycles. The van der Waals surface area contributed by atoms with Crippen molar-refractivity contribution in [2.75, 3.05) is 17.3 Å². The lowest BCUT2D eigenvalue weighted by molar-refractivity contribution is -0.124. The fourth-order valence-corrected chi connectivity index (χ4v) is 9.34. The Kier molecular flexibility index (Phi) is 10.7. The number of methoxy groups -OCH3 is 1. The molecule has 6 aromatic rings. The zero-order valence-corrected chi connectivity index (χ0v) is 32.6. The van der Waals surface area contributed by atoms with Crippen molar-refractivity contribution in [3.63, 3.8) is 0 Å². The highest BCUT2D eigenvalue weighted by molar-refractivity contribution is 7.18. The van der Waals surface area contributed by atoms with E-state index in [4.69, 9.17) is 9.84 Å². The van der Waals surface area contributed by atoms with Gasteiger partial charge in [0.2, 0.25) is 5.91 Å². The Hall–Kier alpha value is -5.80. The van der Waals surface area contributed by atoms with Crippen LogP contribution in [-0.4, -0.2) is 40.7 Å². The van der Waals surface area contributed by atoms with Gasteiger partial charge in [0.1, 0.15) is 10.4 Å². The summed E-state index contributed by atoms with van der Waals surface area (Å²) >= 11 is 1.34. The number of thiophene rings is 1. The number of nitrogens with one attached hydrogen (secondary N) is 1. The lowest BCUT2D eigenvalue weighted by Crippen LogP contribution is -2.48. The molecule has 2 heterocycles. The molecule has 2 aliphatic rings. The van der Waals surface area contributed by atoms with E-state index in [1.807, 2.05) is 101 Å². The molecule has 284 valence electrons. The van der Waals surface area contributed by atoms with Gasteiger partial charge in [-0.05, 0) is 97.4 Å². The van der Waals surface area contributed by atoms with Crippen molar-refractivity contribution in [2.45, 2.75) is 63.5 Å². The number of ether oxygens (including phenoxy) is 1. The van der Waals surface area contributed by atoms with E-state index in [9.17, 15) is 14.4 Å². The van der Waals surface area contributed by atoms with Crippen molar-refractivity contribution < 1.29 is 19.1 Å². The fourth-order valence-electron chi connectivity index (χ4n) is 8.27. The predicted molar refractivity (Wildman–Crippen MR) is 222 cm³/mol. The average molecular weight is 763 g/mol. The molecule has 0 atom stereocenters. The standard InChI is InChI=1S/C47H46N4O4S/c1-32-21-23-34(24-22-32)45(53)51(39-19-12-20-39)41-31-42(56-43(41)46(54)55-2)33-25-27-38(28-26-33)48-44(52)40-29-30-50(49-40)47(35-13-6-3-7-14-35,36-15-8-4-9-16-36)37-17-10-5-11-18-37/h3-11,13-18,25-32,34,39H,12,19-24H2,1-2H3,(H,48,52)/t32-,34-. The quantitative estimate of drug-likeness (QED) is 0.105. The van der Waals surface area contributed by atoms with Crippen LogP contribution in [0.25, 0.3) is 10.4 Å². The molecular formula is C47H46N4O4S. The monoisotopic (exact) mass is 762 g/mol. The number of carbonyl (C=O) groups is 3. The summed E-state index contributed by atoms with van der Waals surface area (Å²) in [6.45, 7) is 2.25. The van der Waals surface area contributed by atoms with Crippen molar-refractivity contribution in [1.29, 1.82) is 0 Å². The van der Waals surface area contributed by atoms with Gasteiger partial charge < -0.3 is 15.0 Å². The molecule has 0 radical (unpaired) electrons. The van der Waals surface area contributed by atoms with Gasteiger partial charge in [0, 0.05) is 28.7 Å². The molecule has 0 saturated heterocycles. The van der Waals surface area contributed by atoms with Gasteiger partial charge in [-0.25, -0.2) is 4.79 Å². The molecule has 8 rings (SSSR count). The molecule has 0 unspecified atom stereocenters. The van der Waals surface area contributed by atoms with Crippen LogP contribution in [0.1, 0.15) is 88.7 Å². The number of benzene rings is 4. The van der Waals surface area contributed by atoms with E-state index < -0.39 is 11.5 Å². The molecule has 56 heavy (non-hydrogen) atoms. The number of hydrogen-bond acceptors (Lipinski definition) is 6. The average Bonchev–Trinajstić information content (AvgIpc) is 3.90. The van der Waals surface area contributed by atoms with Crippen LogP contribution in [0.5, 0.6) is 0 Å². The van der Waals surface area contributed by atoms with Crippen molar-refractivity contribution in [2.24, 2.45) is 11.8 Å². The van der Waals surface area contributed by atoms with Crippen LogP contribution in [0.2, 0.25) is 0 Å². The normalized spacial score (nSPS) is 17.1. The molecule has 2 fully saturated rings. The molecule has 0 bridgehead atoms. The highest BCUT2D eigenvalue weighted by atomic mass is 32.1. The first kappa shape index (κ1) is 37.1. The molecule has 8 nitrogen and oxygen atoms in total. The van der Waals surface area contributed by atoms with E-state index in [-0.39, 0.29) is 29.5 Å². The zero-order valence-electron chi connectivity index (χ0n) is 31.8. The molecule has 1 N–H and O–H groups in total. The first-order valence-corrected chi connectivity index (χ1v) is 20.4. The number of esters is 1. The Labute approximate surface area is 332 Å². The third kappa shape index (κ3) is 7.07. The second kappa shape index (κ2) is 16.1. The minimum atomic E-state index is -0.833. The van der Waals surface area contributed by atoms with Gasteiger partial charge in [0.25, 0.3) is 5.91 Å². The number of rotatable bonds is 11. The molecular weight excluding hydrogens is 717 g/mol. The summed E-state index contributed by atoms with van der Waals surface area (Å²) < 4.78 is 7.11.